The molecule has 0 amide bonds. The molecule has 2 nitrogen and oxygen atoms in total. The molecule has 2 atom stereocenters. The molecule has 1 heterocycles. The van der Waals surface area contributed by atoms with Gasteiger partial charge in [0, 0.05) is 12.8 Å². The van der Waals surface area contributed by atoms with Gasteiger partial charge in [-0.3, -0.25) is 0 Å². The van der Waals surface area contributed by atoms with Crippen LogP contribution >= 0.6 is 0 Å². The van der Waals surface area contributed by atoms with Crippen LogP contribution in [0.1, 0.15) is 86.5 Å². The Morgan fingerprint density at radius 2 is 1.88 bits per heavy atom. The van der Waals surface area contributed by atoms with Crippen molar-refractivity contribution in [1.82, 2.24) is 0 Å². The average molecular weight is 341 g/mol. The van der Waals surface area contributed by atoms with E-state index in [1.54, 1.807) is 6.08 Å². The molecule has 0 aromatic rings. The number of hydrogen-bond donors (Lipinski definition) is 0. The Morgan fingerprint density at radius 3 is 2.38 bits per heavy atom. The van der Waals surface area contributed by atoms with Crippen LogP contribution in [-0.2, 0) is 9.47 Å². The van der Waals surface area contributed by atoms with Gasteiger partial charge in [0.2, 0.25) is 0 Å². The Kier molecular flexibility index (Phi) is 9.04. The van der Waals surface area contributed by atoms with Gasteiger partial charge < -0.3 is 9.47 Å². The fourth-order valence-electron chi connectivity index (χ4n) is 3.74. The summed E-state index contributed by atoms with van der Waals surface area (Å²) in [5.74, 6) is 0.957. The van der Waals surface area contributed by atoms with Crippen molar-refractivity contribution in [3.8, 4) is 0 Å². The molecular formula is C21H37FO2. The lowest BCUT2D eigenvalue weighted by Crippen LogP contribution is -2.42. The Balaban J connectivity index is 3.00. The Bertz CT molecular complexity index is 420. The SMILES string of the molecule is CCCC1(CCC)CC(OC(C)C)C/C(=C\C(C)/C=C(/F)CC)O1. The summed E-state index contributed by atoms with van der Waals surface area (Å²) in [6.07, 6.45) is 10.6. The van der Waals surface area contributed by atoms with E-state index in [1.807, 2.05) is 13.8 Å². The van der Waals surface area contributed by atoms with E-state index in [0.29, 0.717) is 6.42 Å². The van der Waals surface area contributed by atoms with Gasteiger partial charge in [-0.1, -0.05) is 40.5 Å². The average Bonchev–Trinajstić information content (AvgIpc) is 2.46. The van der Waals surface area contributed by atoms with Gasteiger partial charge >= 0.3 is 0 Å². The van der Waals surface area contributed by atoms with Crippen LogP contribution in [0.3, 0.4) is 0 Å². The van der Waals surface area contributed by atoms with Crippen LogP contribution in [-0.4, -0.2) is 17.8 Å². The highest BCUT2D eigenvalue weighted by Crippen LogP contribution is 2.40. The van der Waals surface area contributed by atoms with E-state index in [2.05, 4.69) is 33.8 Å². The second-order valence-corrected chi connectivity index (χ2v) is 7.46. The predicted molar refractivity (Wildman–Crippen MR) is 99.6 cm³/mol. The minimum Gasteiger partial charge on any atom is -0.492 e. The monoisotopic (exact) mass is 340 g/mol. The van der Waals surface area contributed by atoms with E-state index >= 15 is 0 Å². The maximum absolute atomic E-state index is 13.5. The molecule has 24 heavy (non-hydrogen) atoms. The van der Waals surface area contributed by atoms with Gasteiger partial charge in [-0.05, 0) is 51.2 Å². The van der Waals surface area contributed by atoms with Gasteiger partial charge in [0.15, 0.2) is 0 Å². The zero-order valence-electron chi connectivity index (χ0n) is 16.5. The summed E-state index contributed by atoms with van der Waals surface area (Å²) in [4.78, 5) is 0. The van der Waals surface area contributed by atoms with E-state index in [-0.39, 0.29) is 29.6 Å². The number of halogens is 1. The third-order valence-electron chi connectivity index (χ3n) is 4.48. The second-order valence-electron chi connectivity index (χ2n) is 7.46. The summed E-state index contributed by atoms with van der Waals surface area (Å²) < 4.78 is 26.2. The van der Waals surface area contributed by atoms with Crippen molar-refractivity contribution < 1.29 is 13.9 Å². The van der Waals surface area contributed by atoms with Crippen molar-refractivity contribution in [3.05, 3.63) is 23.7 Å². The lowest BCUT2D eigenvalue weighted by Gasteiger charge is -2.43. The highest BCUT2D eigenvalue weighted by atomic mass is 19.1. The molecule has 2 unspecified atom stereocenters. The highest BCUT2D eigenvalue weighted by molar-refractivity contribution is 5.10. The predicted octanol–water partition coefficient (Wildman–Crippen LogP) is 6.71. The molecular weight excluding hydrogens is 303 g/mol. The second kappa shape index (κ2) is 10.2. The molecule has 0 saturated carbocycles. The third-order valence-corrected chi connectivity index (χ3v) is 4.48. The van der Waals surface area contributed by atoms with Gasteiger partial charge in [0.05, 0.1) is 23.8 Å². The van der Waals surface area contributed by atoms with Gasteiger partial charge in [-0.2, -0.15) is 0 Å². The molecule has 1 aliphatic rings. The van der Waals surface area contributed by atoms with E-state index in [9.17, 15) is 4.39 Å². The maximum Gasteiger partial charge on any atom is 0.111 e. The van der Waals surface area contributed by atoms with Gasteiger partial charge in [0.25, 0.3) is 0 Å². The molecule has 1 saturated heterocycles. The van der Waals surface area contributed by atoms with Crippen molar-refractivity contribution >= 4 is 0 Å². The largest absolute Gasteiger partial charge is 0.492 e. The Morgan fingerprint density at radius 1 is 1.25 bits per heavy atom. The van der Waals surface area contributed by atoms with Crippen molar-refractivity contribution in [2.24, 2.45) is 5.92 Å². The standard InChI is InChI=1S/C21H37FO2/c1-7-10-21(11-8-2)15-20(23-16(4)5)14-19(24-21)13-17(6)12-18(22)9-3/h12-13,16-17,20H,7-11,14-15H2,1-6H3/b18-12+,19-13+. The quantitative estimate of drug-likeness (QED) is 0.464. The van der Waals surface area contributed by atoms with E-state index < -0.39 is 0 Å². The number of ether oxygens (including phenoxy) is 2. The first-order valence-corrected chi connectivity index (χ1v) is 9.75. The molecule has 0 spiro atoms. The van der Waals surface area contributed by atoms with Crippen molar-refractivity contribution in [3.63, 3.8) is 0 Å². The van der Waals surface area contributed by atoms with Gasteiger partial charge in [-0.25, -0.2) is 4.39 Å². The smallest absolute Gasteiger partial charge is 0.111 e. The minimum atomic E-state index is -0.125. The van der Waals surface area contributed by atoms with E-state index in [0.717, 1.165) is 44.3 Å². The Labute approximate surface area is 148 Å². The van der Waals surface area contributed by atoms with E-state index in [4.69, 9.17) is 9.47 Å². The lowest BCUT2D eigenvalue weighted by molar-refractivity contribution is -0.119. The topological polar surface area (TPSA) is 18.5 Å². The summed E-state index contributed by atoms with van der Waals surface area (Å²) >= 11 is 0. The highest BCUT2D eigenvalue weighted by Gasteiger charge is 2.39. The first-order valence-electron chi connectivity index (χ1n) is 9.75. The molecule has 140 valence electrons. The lowest BCUT2D eigenvalue weighted by atomic mass is 9.83. The summed E-state index contributed by atoms with van der Waals surface area (Å²) in [5.41, 5.74) is -0.125. The summed E-state index contributed by atoms with van der Waals surface area (Å²) in [5, 5.41) is 0. The molecule has 0 N–H and O–H groups in total. The molecule has 0 aromatic carbocycles. The number of allylic oxidation sites excluding steroid dienone is 3. The van der Waals surface area contributed by atoms with Crippen LogP contribution < -0.4 is 0 Å². The first-order chi connectivity index (χ1) is 11.3. The fourth-order valence-corrected chi connectivity index (χ4v) is 3.74. The van der Waals surface area contributed by atoms with Gasteiger partial charge in [0.1, 0.15) is 5.60 Å². The van der Waals surface area contributed by atoms with Crippen LogP contribution in [0, 0.1) is 5.92 Å². The van der Waals surface area contributed by atoms with Crippen molar-refractivity contribution in [1.29, 1.82) is 0 Å². The van der Waals surface area contributed by atoms with Crippen LogP contribution in [0.25, 0.3) is 0 Å². The third kappa shape index (κ3) is 6.96. The summed E-state index contributed by atoms with van der Waals surface area (Å²) in [7, 11) is 0. The van der Waals surface area contributed by atoms with Crippen molar-refractivity contribution in [2.75, 3.05) is 0 Å². The normalized spacial score (nSPS) is 24.2. The molecule has 0 radical (unpaired) electrons. The molecule has 0 aromatic heterocycles. The summed E-state index contributed by atoms with van der Waals surface area (Å²) in [6, 6.07) is 0. The van der Waals surface area contributed by atoms with Crippen LogP contribution in [0.5, 0.6) is 0 Å². The number of hydrogen-bond acceptors (Lipinski definition) is 2. The zero-order valence-corrected chi connectivity index (χ0v) is 16.5. The fraction of sp³-hybridized carbons (Fsp3) is 0.810. The van der Waals surface area contributed by atoms with Crippen molar-refractivity contribution in [2.45, 2.75) is 104 Å². The maximum atomic E-state index is 13.5. The molecule has 1 rings (SSSR count). The van der Waals surface area contributed by atoms with Crippen LogP contribution in [0.2, 0.25) is 0 Å². The molecule has 1 aliphatic heterocycles. The minimum absolute atomic E-state index is 0.0405. The van der Waals surface area contributed by atoms with E-state index in [1.165, 1.54) is 0 Å². The Hall–Kier alpha value is -0.830. The van der Waals surface area contributed by atoms with Gasteiger partial charge in [-0.15, -0.1) is 0 Å². The van der Waals surface area contributed by atoms with Crippen LogP contribution in [0.4, 0.5) is 4.39 Å². The molecule has 0 bridgehead atoms. The number of rotatable bonds is 9. The molecule has 1 fully saturated rings. The zero-order chi connectivity index (χ0) is 18.2. The molecule has 0 aliphatic carbocycles. The summed E-state index contributed by atoms with van der Waals surface area (Å²) in [6.45, 7) is 12.4. The first kappa shape index (κ1) is 21.2. The van der Waals surface area contributed by atoms with Crippen LogP contribution in [0.15, 0.2) is 23.7 Å². The molecule has 3 heteroatoms.